The summed E-state index contributed by atoms with van der Waals surface area (Å²) in [4.78, 5) is 27.7. The van der Waals surface area contributed by atoms with E-state index < -0.39 is 0 Å². The molecule has 1 aromatic heterocycles. The molecule has 2 amide bonds. The highest BCUT2D eigenvalue weighted by molar-refractivity contribution is 5.97. The molecule has 4 rings (SSSR count). The predicted octanol–water partition coefficient (Wildman–Crippen LogP) is 3.27. The Morgan fingerprint density at radius 3 is 2.44 bits per heavy atom. The van der Waals surface area contributed by atoms with Crippen LogP contribution in [0.15, 0.2) is 48.7 Å². The smallest absolute Gasteiger partial charge is 0.267 e. The van der Waals surface area contributed by atoms with Crippen LogP contribution in [0.5, 0.6) is 5.75 Å². The fourth-order valence-electron chi connectivity index (χ4n) is 4.51. The van der Waals surface area contributed by atoms with Crippen molar-refractivity contribution in [3.8, 4) is 16.9 Å². The largest absolute Gasteiger partial charge is 0.497 e. The van der Waals surface area contributed by atoms with Crippen molar-refractivity contribution in [3.63, 3.8) is 0 Å². The van der Waals surface area contributed by atoms with Crippen LogP contribution in [0.4, 0.5) is 5.69 Å². The Labute approximate surface area is 212 Å². The lowest BCUT2D eigenvalue weighted by molar-refractivity contribution is 0.0935. The molecule has 0 bridgehead atoms. The highest BCUT2D eigenvalue weighted by Gasteiger charge is 2.26. The molecule has 0 saturated carbocycles. The maximum Gasteiger partial charge on any atom is 0.267 e. The van der Waals surface area contributed by atoms with Crippen molar-refractivity contribution in [1.82, 2.24) is 20.5 Å². The number of likely N-dealkylation sites (N-methyl/N-ethyl adjacent to an activating group) is 1. The molecule has 0 spiro atoms. The van der Waals surface area contributed by atoms with Crippen LogP contribution in [-0.2, 0) is 7.05 Å². The number of methoxy groups -OCH3 is 1. The van der Waals surface area contributed by atoms with Gasteiger partial charge in [-0.2, -0.15) is 0 Å². The SMILES string of the molecule is CNC(=O)c1cc(-c2cc(OC)cc([C@@H](C)NC(=O)c3cc(N4CC(NC)C4)ccc3C)c2)cn1C. The lowest BCUT2D eigenvalue weighted by atomic mass is 9.99. The normalized spacial score (nSPS) is 14.2. The van der Waals surface area contributed by atoms with E-state index in [1.807, 2.05) is 70.5 Å². The van der Waals surface area contributed by atoms with Crippen molar-refractivity contribution in [2.45, 2.75) is 25.9 Å². The van der Waals surface area contributed by atoms with Crippen LogP contribution in [0.2, 0.25) is 0 Å². The molecule has 8 nitrogen and oxygen atoms in total. The van der Waals surface area contributed by atoms with Gasteiger partial charge in [-0.3, -0.25) is 9.59 Å². The van der Waals surface area contributed by atoms with Gasteiger partial charge in [0, 0.05) is 56.2 Å². The van der Waals surface area contributed by atoms with Crippen molar-refractivity contribution in [2.75, 3.05) is 39.2 Å². The number of amides is 2. The zero-order valence-electron chi connectivity index (χ0n) is 21.8. The molecule has 2 aromatic carbocycles. The summed E-state index contributed by atoms with van der Waals surface area (Å²) in [5.41, 5.74) is 5.96. The van der Waals surface area contributed by atoms with Gasteiger partial charge >= 0.3 is 0 Å². The zero-order valence-corrected chi connectivity index (χ0v) is 21.8. The lowest BCUT2D eigenvalue weighted by Gasteiger charge is -2.41. The second kappa shape index (κ2) is 10.5. The van der Waals surface area contributed by atoms with Crippen molar-refractivity contribution in [1.29, 1.82) is 0 Å². The number of nitrogens with one attached hydrogen (secondary N) is 3. The van der Waals surface area contributed by atoms with Crippen LogP contribution in [0.3, 0.4) is 0 Å². The second-order valence-corrected chi connectivity index (χ2v) is 9.38. The Hall–Kier alpha value is -3.78. The van der Waals surface area contributed by atoms with E-state index in [1.54, 1.807) is 18.7 Å². The van der Waals surface area contributed by atoms with E-state index in [2.05, 4.69) is 26.9 Å². The first-order valence-electron chi connectivity index (χ1n) is 12.2. The van der Waals surface area contributed by atoms with Gasteiger partial charge in [0.2, 0.25) is 0 Å². The first kappa shape index (κ1) is 25.3. The summed E-state index contributed by atoms with van der Waals surface area (Å²) in [7, 11) is 7.05. The van der Waals surface area contributed by atoms with E-state index in [1.165, 1.54) is 0 Å². The van der Waals surface area contributed by atoms with E-state index in [-0.39, 0.29) is 17.9 Å². The summed E-state index contributed by atoms with van der Waals surface area (Å²) in [5, 5.41) is 9.10. The Morgan fingerprint density at radius 1 is 1.03 bits per heavy atom. The average molecular weight is 490 g/mol. The average Bonchev–Trinajstić information content (AvgIpc) is 3.25. The van der Waals surface area contributed by atoms with Gasteiger partial charge in [0.25, 0.3) is 11.8 Å². The van der Waals surface area contributed by atoms with Crippen LogP contribution >= 0.6 is 0 Å². The number of aryl methyl sites for hydroxylation is 2. The summed E-state index contributed by atoms with van der Waals surface area (Å²) >= 11 is 0. The number of carbonyl (C=O) groups excluding carboxylic acids is 2. The van der Waals surface area contributed by atoms with Crippen molar-refractivity contribution in [2.24, 2.45) is 7.05 Å². The molecule has 1 aliphatic heterocycles. The molecule has 1 saturated heterocycles. The molecule has 0 aliphatic carbocycles. The number of benzene rings is 2. The molecular formula is C28H35N5O3. The molecule has 1 atom stereocenters. The molecule has 36 heavy (non-hydrogen) atoms. The van der Waals surface area contributed by atoms with E-state index >= 15 is 0 Å². The predicted molar refractivity (Wildman–Crippen MR) is 143 cm³/mol. The van der Waals surface area contributed by atoms with Gasteiger partial charge in [-0.05, 0) is 74.0 Å². The van der Waals surface area contributed by atoms with Gasteiger partial charge in [0.05, 0.1) is 13.2 Å². The quantitative estimate of drug-likeness (QED) is 0.452. The third-order valence-corrected chi connectivity index (χ3v) is 6.93. The first-order chi connectivity index (χ1) is 17.2. The highest BCUT2D eigenvalue weighted by Crippen LogP contribution is 2.31. The second-order valence-electron chi connectivity index (χ2n) is 9.38. The van der Waals surface area contributed by atoms with E-state index in [9.17, 15) is 9.59 Å². The maximum absolute atomic E-state index is 13.3. The molecule has 1 aliphatic rings. The van der Waals surface area contributed by atoms with Crippen molar-refractivity contribution < 1.29 is 14.3 Å². The molecule has 2 heterocycles. The maximum atomic E-state index is 13.3. The number of carbonyl (C=O) groups is 2. The number of rotatable bonds is 8. The Kier molecular flexibility index (Phi) is 7.35. The number of hydrogen-bond acceptors (Lipinski definition) is 5. The molecule has 0 radical (unpaired) electrons. The lowest BCUT2D eigenvalue weighted by Crippen LogP contribution is -2.57. The highest BCUT2D eigenvalue weighted by atomic mass is 16.5. The van der Waals surface area contributed by atoms with Crippen LogP contribution in [-0.4, -0.2) is 56.7 Å². The van der Waals surface area contributed by atoms with Crippen LogP contribution in [0.25, 0.3) is 11.1 Å². The minimum Gasteiger partial charge on any atom is -0.497 e. The molecule has 3 aromatic rings. The van der Waals surface area contributed by atoms with E-state index in [0.717, 1.165) is 41.0 Å². The Balaban J connectivity index is 1.56. The fraction of sp³-hybridized carbons (Fsp3) is 0.357. The van der Waals surface area contributed by atoms with Crippen molar-refractivity contribution >= 4 is 17.5 Å². The zero-order chi connectivity index (χ0) is 26.0. The van der Waals surface area contributed by atoms with Gasteiger partial charge in [-0.1, -0.05) is 6.07 Å². The Bertz CT molecular complexity index is 1280. The number of anilines is 1. The van der Waals surface area contributed by atoms with E-state index in [4.69, 9.17) is 4.74 Å². The van der Waals surface area contributed by atoms with Crippen molar-refractivity contribution in [3.05, 3.63) is 71.0 Å². The van der Waals surface area contributed by atoms with Gasteiger partial charge in [0.1, 0.15) is 11.4 Å². The molecular weight excluding hydrogens is 454 g/mol. The third-order valence-electron chi connectivity index (χ3n) is 6.93. The number of nitrogens with zero attached hydrogens (tertiary/aromatic N) is 2. The standard InChI is InChI=1S/C28H35N5O3/c1-17-7-8-23(33-15-22(16-33)29-3)13-25(17)27(34)31-18(2)19-9-20(11-24(10-19)36-6)21-12-26(28(35)30-4)32(5)14-21/h7-14,18,22,29H,15-16H2,1-6H3,(H,30,35)(H,31,34)/t18-/m1/s1. The topological polar surface area (TPSA) is 87.6 Å². The summed E-state index contributed by atoms with van der Waals surface area (Å²) in [6.07, 6.45) is 1.91. The minimum absolute atomic E-state index is 0.112. The molecule has 8 heteroatoms. The Morgan fingerprint density at radius 2 is 1.78 bits per heavy atom. The molecule has 0 unspecified atom stereocenters. The van der Waals surface area contributed by atoms with Gasteiger partial charge < -0.3 is 30.2 Å². The van der Waals surface area contributed by atoms with Crippen LogP contribution < -0.4 is 25.6 Å². The number of aromatic nitrogens is 1. The number of ether oxygens (including phenoxy) is 1. The number of hydrogen-bond donors (Lipinski definition) is 3. The van der Waals surface area contributed by atoms with E-state index in [0.29, 0.717) is 23.0 Å². The summed E-state index contributed by atoms with van der Waals surface area (Å²) in [6.45, 7) is 5.79. The minimum atomic E-state index is -0.255. The summed E-state index contributed by atoms with van der Waals surface area (Å²) < 4.78 is 7.35. The summed E-state index contributed by atoms with van der Waals surface area (Å²) in [6, 6.07) is 14.0. The molecule has 3 N–H and O–H groups in total. The first-order valence-corrected chi connectivity index (χ1v) is 12.2. The molecule has 190 valence electrons. The van der Waals surface area contributed by atoms with Crippen LogP contribution in [0, 0.1) is 6.92 Å². The monoisotopic (exact) mass is 489 g/mol. The third kappa shape index (κ3) is 5.09. The van der Waals surface area contributed by atoms with Crippen LogP contribution in [0.1, 0.15) is 44.9 Å². The van der Waals surface area contributed by atoms with Gasteiger partial charge in [-0.25, -0.2) is 0 Å². The van der Waals surface area contributed by atoms with Gasteiger partial charge in [0.15, 0.2) is 0 Å². The summed E-state index contributed by atoms with van der Waals surface area (Å²) in [5.74, 6) is 0.423. The fourth-order valence-corrected chi connectivity index (χ4v) is 4.51. The molecule has 1 fully saturated rings. The van der Waals surface area contributed by atoms with Gasteiger partial charge in [-0.15, -0.1) is 0 Å².